The molecule has 1 rings (SSSR count). The number of carboxylic acid groups (broad SMARTS) is 1. The summed E-state index contributed by atoms with van der Waals surface area (Å²) in [5.41, 5.74) is 2.70. The van der Waals surface area contributed by atoms with Gasteiger partial charge in [-0.15, -0.1) is 0 Å². The van der Waals surface area contributed by atoms with Gasteiger partial charge in [-0.3, -0.25) is 4.79 Å². The zero-order valence-corrected chi connectivity index (χ0v) is 10.4. The molecule has 0 bridgehead atoms. The summed E-state index contributed by atoms with van der Waals surface area (Å²) in [6.07, 6.45) is 0.550. The Morgan fingerprint density at radius 2 is 2.12 bits per heavy atom. The number of halogens is 1. The van der Waals surface area contributed by atoms with Crippen molar-refractivity contribution < 1.29 is 14.6 Å². The van der Waals surface area contributed by atoms with Crippen LogP contribution in [0.15, 0.2) is 6.07 Å². The molecular weight excluding hydrogens is 228 g/mol. The molecule has 3 nitrogen and oxygen atoms in total. The van der Waals surface area contributed by atoms with E-state index < -0.39 is 5.97 Å². The predicted molar refractivity (Wildman–Crippen MR) is 63.4 cm³/mol. The fraction of sp³-hybridized carbons (Fsp3) is 0.417. The molecule has 0 saturated heterocycles. The van der Waals surface area contributed by atoms with Gasteiger partial charge in [0.2, 0.25) is 0 Å². The van der Waals surface area contributed by atoms with Crippen molar-refractivity contribution in [2.24, 2.45) is 0 Å². The Hall–Kier alpha value is -1.22. The molecule has 1 aromatic rings. The van der Waals surface area contributed by atoms with Gasteiger partial charge in [-0.05, 0) is 31.4 Å². The first-order chi connectivity index (χ1) is 7.47. The van der Waals surface area contributed by atoms with Crippen molar-refractivity contribution in [3.8, 4) is 5.75 Å². The van der Waals surface area contributed by atoms with Crippen LogP contribution < -0.4 is 4.74 Å². The molecule has 1 N–H and O–H groups in total. The Bertz CT molecular complexity index is 413. The molecule has 0 aliphatic heterocycles. The maximum Gasteiger partial charge on any atom is 0.303 e. The van der Waals surface area contributed by atoms with Gasteiger partial charge in [0, 0.05) is 12.0 Å². The SMILES string of the molecule is COc1c(CCC(=O)O)cc(C)c(Cl)c1C. The maximum absolute atomic E-state index is 10.5. The lowest BCUT2D eigenvalue weighted by Gasteiger charge is -2.14. The molecule has 0 radical (unpaired) electrons. The van der Waals surface area contributed by atoms with E-state index in [0.717, 1.165) is 16.7 Å². The predicted octanol–water partition coefficient (Wildman–Crippen LogP) is 2.98. The number of ether oxygens (including phenoxy) is 1. The Balaban J connectivity index is 3.12. The quantitative estimate of drug-likeness (QED) is 0.883. The van der Waals surface area contributed by atoms with Crippen molar-refractivity contribution in [2.75, 3.05) is 7.11 Å². The van der Waals surface area contributed by atoms with Gasteiger partial charge >= 0.3 is 5.97 Å². The van der Waals surface area contributed by atoms with Gasteiger partial charge in [0.25, 0.3) is 0 Å². The molecule has 0 atom stereocenters. The van der Waals surface area contributed by atoms with Crippen LogP contribution >= 0.6 is 11.6 Å². The van der Waals surface area contributed by atoms with E-state index >= 15 is 0 Å². The van der Waals surface area contributed by atoms with Gasteiger partial charge in [-0.25, -0.2) is 0 Å². The number of hydrogen-bond acceptors (Lipinski definition) is 2. The third-order valence-electron chi connectivity index (χ3n) is 2.51. The summed E-state index contributed by atoms with van der Waals surface area (Å²) in [6.45, 7) is 3.78. The van der Waals surface area contributed by atoms with Crippen LogP contribution in [-0.4, -0.2) is 18.2 Å². The Kier molecular flexibility index (Phi) is 4.19. The Morgan fingerprint density at radius 3 is 2.62 bits per heavy atom. The van der Waals surface area contributed by atoms with Crippen LogP contribution in [0.1, 0.15) is 23.1 Å². The van der Waals surface area contributed by atoms with E-state index in [-0.39, 0.29) is 6.42 Å². The summed E-state index contributed by atoms with van der Waals surface area (Å²) in [7, 11) is 1.57. The zero-order valence-electron chi connectivity index (χ0n) is 9.63. The third-order valence-corrected chi connectivity index (χ3v) is 3.09. The fourth-order valence-corrected chi connectivity index (χ4v) is 1.88. The molecule has 0 unspecified atom stereocenters. The molecule has 0 aliphatic rings. The normalized spacial score (nSPS) is 10.2. The highest BCUT2D eigenvalue weighted by atomic mass is 35.5. The van der Waals surface area contributed by atoms with Gasteiger partial charge in [0.15, 0.2) is 0 Å². The van der Waals surface area contributed by atoms with Crippen molar-refractivity contribution in [1.82, 2.24) is 0 Å². The summed E-state index contributed by atoms with van der Waals surface area (Å²) < 4.78 is 5.27. The number of aliphatic carboxylic acids is 1. The van der Waals surface area contributed by atoms with E-state index in [9.17, 15) is 4.79 Å². The van der Waals surface area contributed by atoms with Gasteiger partial charge < -0.3 is 9.84 Å². The van der Waals surface area contributed by atoms with Crippen molar-refractivity contribution in [3.63, 3.8) is 0 Å². The summed E-state index contributed by atoms with van der Waals surface area (Å²) >= 11 is 6.10. The second-order valence-electron chi connectivity index (χ2n) is 3.72. The summed E-state index contributed by atoms with van der Waals surface area (Å²) in [4.78, 5) is 10.5. The fourth-order valence-electron chi connectivity index (χ4n) is 1.74. The molecule has 0 amide bonds. The van der Waals surface area contributed by atoms with Gasteiger partial charge in [0.05, 0.1) is 12.1 Å². The van der Waals surface area contributed by atoms with Gasteiger partial charge in [0.1, 0.15) is 5.75 Å². The van der Waals surface area contributed by atoms with E-state index in [1.165, 1.54) is 0 Å². The van der Waals surface area contributed by atoms with Crippen LogP contribution in [0.3, 0.4) is 0 Å². The second kappa shape index (κ2) is 5.21. The monoisotopic (exact) mass is 242 g/mol. The highest BCUT2D eigenvalue weighted by Gasteiger charge is 2.13. The highest BCUT2D eigenvalue weighted by Crippen LogP contribution is 2.33. The van der Waals surface area contributed by atoms with Crippen LogP contribution in [0.25, 0.3) is 0 Å². The maximum atomic E-state index is 10.5. The Labute approximate surface area is 100.0 Å². The number of carboxylic acids is 1. The number of rotatable bonds is 4. The third kappa shape index (κ3) is 2.67. The molecule has 88 valence electrons. The summed E-state index contributed by atoms with van der Waals surface area (Å²) in [5, 5.41) is 9.34. The largest absolute Gasteiger partial charge is 0.496 e. The van der Waals surface area contributed by atoms with Crippen molar-refractivity contribution in [1.29, 1.82) is 0 Å². The molecule has 0 saturated carbocycles. The molecule has 0 heterocycles. The van der Waals surface area contributed by atoms with Crippen LogP contribution in [0.2, 0.25) is 5.02 Å². The minimum atomic E-state index is -0.813. The lowest BCUT2D eigenvalue weighted by molar-refractivity contribution is -0.136. The highest BCUT2D eigenvalue weighted by molar-refractivity contribution is 6.32. The standard InChI is InChI=1S/C12H15ClO3/c1-7-6-9(4-5-10(14)15)12(16-3)8(2)11(7)13/h6H,4-5H2,1-3H3,(H,14,15). The molecule has 0 fully saturated rings. The lowest BCUT2D eigenvalue weighted by Crippen LogP contribution is -2.02. The van der Waals surface area contributed by atoms with E-state index in [2.05, 4.69) is 0 Å². The molecule has 4 heteroatoms. The van der Waals surface area contributed by atoms with E-state index in [1.807, 2.05) is 19.9 Å². The second-order valence-corrected chi connectivity index (χ2v) is 4.10. The minimum absolute atomic E-state index is 0.0941. The summed E-state index contributed by atoms with van der Waals surface area (Å²) in [6, 6.07) is 1.89. The number of benzene rings is 1. The molecule has 0 aromatic heterocycles. The van der Waals surface area contributed by atoms with Crippen molar-refractivity contribution in [2.45, 2.75) is 26.7 Å². The molecule has 16 heavy (non-hydrogen) atoms. The number of aryl methyl sites for hydroxylation is 2. The molecule has 0 spiro atoms. The molecule has 0 aliphatic carbocycles. The average Bonchev–Trinajstić information content (AvgIpc) is 2.23. The number of methoxy groups -OCH3 is 1. The zero-order chi connectivity index (χ0) is 12.3. The van der Waals surface area contributed by atoms with E-state index in [4.69, 9.17) is 21.4 Å². The topological polar surface area (TPSA) is 46.5 Å². The minimum Gasteiger partial charge on any atom is -0.496 e. The van der Waals surface area contributed by atoms with Gasteiger partial charge in [-0.2, -0.15) is 0 Å². The first kappa shape index (κ1) is 12.8. The summed E-state index contributed by atoms with van der Waals surface area (Å²) in [5.74, 6) is -0.121. The number of hydrogen-bond donors (Lipinski definition) is 1. The van der Waals surface area contributed by atoms with Crippen LogP contribution in [0, 0.1) is 13.8 Å². The van der Waals surface area contributed by atoms with E-state index in [0.29, 0.717) is 17.2 Å². The molecule has 1 aromatic carbocycles. The van der Waals surface area contributed by atoms with E-state index in [1.54, 1.807) is 7.11 Å². The molecular formula is C12H15ClO3. The van der Waals surface area contributed by atoms with Crippen molar-refractivity contribution in [3.05, 3.63) is 27.8 Å². The van der Waals surface area contributed by atoms with Crippen LogP contribution in [0.4, 0.5) is 0 Å². The smallest absolute Gasteiger partial charge is 0.303 e. The van der Waals surface area contributed by atoms with Crippen molar-refractivity contribution >= 4 is 17.6 Å². The van der Waals surface area contributed by atoms with Gasteiger partial charge in [-0.1, -0.05) is 17.7 Å². The lowest BCUT2D eigenvalue weighted by atomic mass is 10.0. The Morgan fingerprint density at radius 1 is 1.50 bits per heavy atom. The first-order valence-electron chi connectivity index (χ1n) is 5.01. The average molecular weight is 243 g/mol. The van der Waals surface area contributed by atoms with Crippen LogP contribution in [-0.2, 0) is 11.2 Å². The first-order valence-corrected chi connectivity index (χ1v) is 5.39. The number of carbonyl (C=O) groups is 1. The van der Waals surface area contributed by atoms with Crippen LogP contribution in [0.5, 0.6) is 5.75 Å².